The van der Waals surface area contributed by atoms with E-state index in [0.717, 1.165) is 30.9 Å². The molecule has 4 nitrogen and oxygen atoms in total. The number of hydrogen-bond acceptors (Lipinski definition) is 4. The summed E-state index contributed by atoms with van der Waals surface area (Å²) in [5, 5.41) is 0. The molecule has 1 saturated heterocycles. The Balaban J connectivity index is 1.77. The maximum Gasteiger partial charge on any atom is 0.137 e. The Hall–Kier alpha value is -1.13. The van der Waals surface area contributed by atoms with Crippen molar-refractivity contribution in [1.29, 1.82) is 0 Å². The van der Waals surface area contributed by atoms with Crippen LogP contribution in [0.25, 0.3) is 0 Å². The van der Waals surface area contributed by atoms with Crippen molar-refractivity contribution in [2.24, 2.45) is 5.73 Å². The van der Waals surface area contributed by atoms with Gasteiger partial charge in [0, 0.05) is 12.1 Å². The monoisotopic (exact) mass is 263 g/mol. The predicted octanol–water partition coefficient (Wildman–Crippen LogP) is 2.35. The fourth-order valence-corrected chi connectivity index (χ4v) is 2.56. The Morgan fingerprint density at radius 2 is 2.37 bits per heavy atom. The van der Waals surface area contributed by atoms with Crippen molar-refractivity contribution in [2.45, 2.75) is 44.7 Å². The average Bonchev–Trinajstić information content (AvgIpc) is 2.84. The van der Waals surface area contributed by atoms with Crippen molar-refractivity contribution in [2.75, 3.05) is 20.2 Å². The SMILES string of the molecule is CCC(N)c1ccc(OCCC2CCCN2C)cn1. The summed E-state index contributed by atoms with van der Waals surface area (Å²) in [7, 11) is 2.19. The van der Waals surface area contributed by atoms with Crippen LogP contribution in [0.2, 0.25) is 0 Å². The van der Waals surface area contributed by atoms with Crippen LogP contribution in [0.4, 0.5) is 0 Å². The van der Waals surface area contributed by atoms with Crippen LogP contribution in [0, 0.1) is 0 Å². The summed E-state index contributed by atoms with van der Waals surface area (Å²) in [4.78, 5) is 6.78. The molecule has 0 amide bonds. The van der Waals surface area contributed by atoms with Gasteiger partial charge in [-0.05, 0) is 51.4 Å². The van der Waals surface area contributed by atoms with Gasteiger partial charge in [0.25, 0.3) is 0 Å². The molecule has 2 N–H and O–H groups in total. The molecule has 1 aromatic rings. The van der Waals surface area contributed by atoms with E-state index in [1.54, 1.807) is 6.20 Å². The Kier molecular flexibility index (Phi) is 5.16. The number of nitrogens with zero attached hydrogens (tertiary/aromatic N) is 2. The molecule has 0 bridgehead atoms. The van der Waals surface area contributed by atoms with Gasteiger partial charge in [-0.3, -0.25) is 4.98 Å². The van der Waals surface area contributed by atoms with Gasteiger partial charge in [-0.15, -0.1) is 0 Å². The summed E-state index contributed by atoms with van der Waals surface area (Å²) in [5.74, 6) is 0.840. The molecular formula is C15H25N3O. The van der Waals surface area contributed by atoms with Crippen LogP contribution in [0.15, 0.2) is 18.3 Å². The van der Waals surface area contributed by atoms with E-state index in [0.29, 0.717) is 6.04 Å². The fraction of sp³-hybridized carbons (Fsp3) is 0.667. The number of likely N-dealkylation sites (tertiary alicyclic amines) is 1. The van der Waals surface area contributed by atoms with E-state index in [1.807, 2.05) is 12.1 Å². The van der Waals surface area contributed by atoms with Crippen molar-refractivity contribution in [1.82, 2.24) is 9.88 Å². The van der Waals surface area contributed by atoms with Crippen LogP contribution in [0.1, 0.15) is 44.3 Å². The molecule has 2 rings (SSSR count). The van der Waals surface area contributed by atoms with E-state index >= 15 is 0 Å². The second kappa shape index (κ2) is 6.87. The first-order valence-corrected chi connectivity index (χ1v) is 7.25. The number of rotatable bonds is 6. The summed E-state index contributed by atoms with van der Waals surface area (Å²) in [6.07, 6.45) is 6.38. The summed E-state index contributed by atoms with van der Waals surface area (Å²) in [6, 6.07) is 4.64. The van der Waals surface area contributed by atoms with Gasteiger partial charge >= 0.3 is 0 Å². The number of pyridine rings is 1. The van der Waals surface area contributed by atoms with Gasteiger partial charge in [-0.2, -0.15) is 0 Å². The van der Waals surface area contributed by atoms with Gasteiger partial charge in [-0.25, -0.2) is 0 Å². The first kappa shape index (κ1) is 14.3. The molecule has 0 aromatic carbocycles. The fourth-order valence-electron chi connectivity index (χ4n) is 2.56. The summed E-state index contributed by atoms with van der Waals surface area (Å²) in [6.45, 7) is 4.04. The lowest BCUT2D eigenvalue weighted by molar-refractivity contribution is 0.233. The second-order valence-electron chi connectivity index (χ2n) is 5.35. The largest absolute Gasteiger partial charge is 0.492 e. The van der Waals surface area contributed by atoms with Crippen molar-refractivity contribution in [3.63, 3.8) is 0 Å². The third-order valence-corrected chi connectivity index (χ3v) is 3.97. The van der Waals surface area contributed by atoms with Crippen LogP contribution >= 0.6 is 0 Å². The van der Waals surface area contributed by atoms with Gasteiger partial charge in [0.15, 0.2) is 0 Å². The van der Waals surface area contributed by atoms with E-state index in [4.69, 9.17) is 10.5 Å². The molecule has 0 saturated carbocycles. The average molecular weight is 263 g/mol. The minimum Gasteiger partial charge on any atom is -0.492 e. The highest BCUT2D eigenvalue weighted by Gasteiger charge is 2.20. The third kappa shape index (κ3) is 3.91. The van der Waals surface area contributed by atoms with Crippen molar-refractivity contribution >= 4 is 0 Å². The zero-order chi connectivity index (χ0) is 13.7. The lowest BCUT2D eigenvalue weighted by Gasteiger charge is -2.19. The van der Waals surface area contributed by atoms with Crippen LogP contribution < -0.4 is 10.5 Å². The highest BCUT2D eigenvalue weighted by molar-refractivity contribution is 5.21. The lowest BCUT2D eigenvalue weighted by Crippen LogP contribution is -2.26. The van der Waals surface area contributed by atoms with Crippen molar-refractivity contribution in [3.05, 3.63) is 24.0 Å². The molecular weight excluding hydrogens is 238 g/mol. The van der Waals surface area contributed by atoms with Gasteiger partial charge in [-0.1, -0.05) is 6.92 Å². The van der Waals surface area contributed by atoms with E-state index in [2.05, 4.69) is 23.9 Å². The quantitative estimate of drug-likeness (QED) is 0.856. The van der Waals surface area contributed by atoms with Crippen LogP contribution in [0.3, 0.4) is 0 Å². The summed E-state index contributed by atoms with van der Waals surface area (Å²) in [5.41, 5.74) is 6.87. The van der Waals surface area contributed by atoms with Crippen molar-refractivity contribution < 1.29 is 4.74 Å². The maximum absolute atomic E-state index is 5.93. The molecule has 19 heavy (non-hydrogen) atoms. The number of hydrogen-bond donors (Lipinski definition) is 1. The van der Waals surface area contributed by atoms with Gasteiger partial charge < -0.3 is 15.4 Å². The second-order valence-corrected chi connectivity index (χ2v) is 5.35. The molecule has 2 heterocycles. The molecule has 0 spiro atoms. The number of ether oxygens (including phenoxy) is 1. The first-order valence-electron chi connectivity index (χ1n) is 7.25. The summed E-state index contributed by atoms with van der Waals surface area (Å²) < 4.78 is 5.75. The molecule has 1 aliphatic rings. The molecule has 106 valence electrons. The maximum atomic E-state index is 5.93. The van der Waals surface area contributed by atoms with Crippen LogP contribution in [0.5, 0.6) is 5.75 Å². The molecule has 1 aliphatic heterocycles. The molecule has 1 fully saturated rings. The lowest BCUT2D eigenvalue weighted by atomic mass is 10.1. The minimum absolute atomic E-state index is 0.0289. The Morgan fingerprint density at radius 1 is 1.53 bits per heavy atom. The Labute approximate surface area is 116 Å². The Morgan fingerprint density at radius 3 is 2.95 bits per heavy atom. The van der Waals surface area contributed by atoms with Crippen LogP contribution in [-0.4, -0.2) is 36.1 Å². The van der Waals surface area contributed by atoms with Gasteiger partial charge in [0.2, 0.25) is 0 Å². The standard InChI is InChI=1S/C15H25N3O/c1-3-14(16)15-7-6-13(11-17-15)19-10-8-12-5-4-9-18(12)2/h6-7,11-12,14H,3-5,8-10,16H2,1-2H3. The van der Waals surface area contributed by atoms with Crippen LogP contribution in [-0.2, 0) is 0 Å². The highest BCUT2D eigenvalue weighted by atomic mass is 16.5. The van der Waals surface area contributed by atoms with E-state index in [9.17, 15) is 0 Å². The normalized spacial score (nSPS) is 21.5. The minimum atomic E-state index is 0.0289. The van der Waals surface area contributed by atoms with Crippen molar-refractivity contribution in [3.8, 4) is 5.75 Å². The van der Waals surface area contributed by atoms with E-state index in [1.165, 1.54) is 19.4 Å². The smallest absolute Gasteiger partial charge is 0.137 e. The molecule has 0 radical (unpaired) electrons. The third-order valence-electron chi connectivity index (χ3n) is 3.97. The molecule has 4 heteroatoms. The highest BCUT2D eigenvalue weighted by Crippen LogP contribution is 2.19. The van der Waals surface area contributed by atoms with E-state index < -0.39 is 0 Å². The molecule has 2 unspecified atom stereocenters. The topological polar surface area (TPSA) is 51.4 Å². The Bertz CT molecular complexity index is 379. The first-order chi connectivity index (χ1) is 9.20. The predicted molar refractivity (Wildman–Crippen MR) is 77.2 cm³/mol. The number of nitrogens with two attached hydrogens (primary N) is 1. The molecule has 0 aliphatic carbocycles. The zero-order valence-electron chi connectivity index (χ0n) is 12.0. The molecule has 2 atom stereocenters. The van der Waals surface area contributed by atoms with E-state index in [-0.39, 0.29) is 6.04 Å². The number of aromatic nitrogens is 1. The zero-order valence-corrected chi connectivity index (χ0v) is 12.0. The van der Waals surface area contributed by atoms with Gasteiger partial charge in [0.1, 0.15) is 5.75 Å². The van der Waals surface area contributed by atoms with Gasteiger partial charge in [0.05, 0.1) is 18.5 Å². The molecule has 1 aromatic heterocycles. The summed E-state index contributed by atoms with van der Waals surface area (Å²) >= 11 is 0.